The van der Waals surface area contributed by atoms with Crippen LogP contribution in [-0.4, -0.2) is 22.4 Å². The SMILES string of the molecule is CCCCCNC(=O)Cc1nc2ccc(Oc3ccccc3)cc2c(=O)[nH]1. The number of nitrogens with zero attached hydrogens (tertiary/aromatic N) is 1. The molecular weight excluding hydrogens is 342 g/mol. The Morgan fingerprint density at radius 1 is 1.11 bits per heavy atom. The van der Waals surface area contributed by atoms with Gasteiger partial charge in [0.15, 0.2) is 0 Å². The van der Waals surface area contributed by atoms with Crippen LogP contribution in [0.3, 0.4) is 0 Å². The maximum absolute atomic E-state index is 12.4. The van der Waals surface area contributed by atoms with Crippen molar-refractivity contribution in [2.24, 2.45) is 0 Å². The molecule has 3 aromatic rings. The summed E-state index contributed by atoms with van der Waals surface area (Å²) in [5.74, 6) is 1.47. The first-order valence-corrected chi connectivity index (χ1v) is 9.18. The average Bonchev–Trinajstić information content (AvgIpc) is 2.67. The second kappa shape index (κ2) is 8.98. The molecule has 6 nitrogen and oxygen atoms in total. The van der Waals surface area contributed by atoms with Gasteiger partial charge in [0.05, 0.1) is 17.3 Å². The Balaban J connectivity index is 1.72. The van der Waals surface area contributed by atoms with Crippen molar-refractivity contribution in [3.63, 3.8) is 0 Å². The standard InChI is InChI=1S/C21H23N3O3/c1-2-3-7-12-22-20(25)14-19-23-18-11-10-16(13-17(18)21(26)24-19)27-15-8-5-4-6-9-15/h4-6,8-11,13H,2-3,7,12,14H2,1H3,(H,22,25)(H,23,24,26). The molecule has 1 aromatic heterocycles. The van der Waals surface area contributed by atoms with Crippen LogP contribution in [0.15, 0.2) is 53.3 Å². The summed E-state index contributed by atoms with van der Waals surface area (Å²) < 4.78 is 5.76. The van der Waals surface area contributed by atoms with Crippen LogP contribution in [0.25, 0.3) is 10.9 Å². The fourth-order valence-electron chi connectivity index (χ4n) is 2.76. The molecule has 0 radical (unpaired) electrons. The van der Waals surface area contributed by atoms with Crippen LogP contribution in [0.4, 0.5) is 0 Å². The van der Waals surface area contributed by atoms with Crippen LogP contribution in [0, 0.1) is 0 Å². The van der Waals surface area contributed by atoms with E-state index < -0.39 is 0 Å². The van der Waals surface area contributed by atoms with Crippen molar-refractivity contribution in [2.45, 2.75) is 32.6 Å². The highest BCUT2D eigenvalue weighted by Gasteiger charge is 2.09. The zero-order valence-corrected chi connectivity index (χ0v) is 15.3. The quantitative estimate of drug-likeness (QED) is 0.598. The molecule has 0 spiro atoms. The van der Waals surface area contributed by atoms with Crippen molar-refractivity contribution in [3.05, 3.63) is 64.7 Å². The smallest absolute Gasteiger partial charge is 0.258 e. The molecule has 2 aromatic carbocycles. The van der Waals surface area contributed by atoms with Gasteiger partial charge in [-0.2, -0.15) is 0 Å². The summed E-state index contributed by atoms with van der Waals surface area (Å²) in [6.45, 7) is 2.76. The van der Waals surface area contributed by atoms with E-state index in [1.54, 1.807) is 18.2 Å². The molecule has 0 saturated carbocycles. The van der Waals surface area contributed by atoms with Crippen molar-refractivity contribution in [3.8, 4) is 11.5 Å². The number of hydrogen-bond acceptors (Lipinski definition) is 4. The first-order valence-electron chi connectivity index (χ1n) is 9.18. The van der Waals surface area contributed by atoms with Gasteiger partial charge < -0.3 is 15.0 Å². The summed E-state index contributed by atoms with van der Waals surface area (Å²) in [5, 5.41) is 3.28. The van der Waals surface area contributed by atoms with Crippen LogP contribution in [-0.2, 0) is 11.2 Å². The van der Waals surface area contributed by atoms with Gasteiger partial charge in [-0.1, -0.05) is 38.0 Å². The lowest BCUT2D eigenvalue weighted by Gasteiger charge is -2.08. The Morgan fingerprint density at radius 2 is 1.93 bits per heavy atom. The van der Waals surface area contributed by atoms with Crippen LogP contribution in [0.2, 0.25) is 0 Å². The molecule has 1 amide bonds. The largest absolute Gasteiger partial charge is 0.457 e. The zero-order chi connectivity index (χ0) is 19.1. The number of carbonyl (C=O) groups excluding carboxylic acids is 1. The molecule has 0 fully saturated rings. The highest BCUT2D eigenvalue weighted by atomic mass is 16.5. The molecule has 1 heterocycles. The van der Waals surface area contributed by atoms with Gasteiger partial charge in [0.1, 0.15) is 17.3 Å². The third-order valence-corrected chi connectivity index (χ3v) is 4.14. The summed E-state index contributed by atoms with van der Waals surface area (Å²) in [4.78, 5) is 31.5. The Kier molecular flexibility index (Phi) is 6.20. The minimum atomic E-state index is -0.285. The lowest BCUT2D eigenvalue weighted by atomic mass is 10.2. The van der Waals surface area contributed by atoms with Crippen molar-refractivity contribution >= 4 is 16.8 Å². The van der Waals surface area contributed by atoms with Gasteiger partial charge in [-0.15, -0.1) is 0 Å². The van der Waals surface area contributed by atoms with E-state index in [-0.39, 0.29) is 17.9 Å². The number of unbranched alkanes of at least 4 members (excludes halogenated alkanes) is 2. The van der Waals surface area contributed by atoms with Crippen molar-refractivity contribution in [1.29, 1.82) is 0 Å². The fraction of sp³-hybridized carbons (Fsp3) is 0.286. The lowest BCUT2D eigenvalue weighted by Crippen LogP contribution is -2.27. The normalized spacial score (nSPS) is 10.7. The molecule has 27 heavy (non-hydrogen) atoms. The van der Waals surface area contributed by atoms with E-state index in [1.165, 1.54) is 0 Å². The van der Waals surface area contributed by atoms with Crippen molar-refractivity contribution < 1.29 is 9.53 Å². The maximum atomic E-state index is 12.4. The van der Waals surface area contributed by atoms with Gasteiger partial charge in [-0.3, -0.25) is 9.59 Å². The number of fused-ring (bicyclic) bond motifs is 1. The summed E-state index contributed by atoms with van der Waals surface area (Å²) in [6, 6.07) is 14.5. The number of aromatic amines is 1. The van der Waals surface area contributed by atoms with Crippen LogP contribution >= 0.6 is 0 Å². The average molecular weight is 365 g/mol. The minimum Gasteiger partial charge on any atom is -0.457 e. The van der Waals surface area contributed by atoms with E-state index in [0.29, 0.717) is 34.8 Å². The Morgan fingerprint density at radius 3 is 2.70 bits per heavy atom. The van der Waals surface area contributed by atoms with Gasteiger partial charge >= 0.3 is 0 Å². The molecule has 0 atom stereocenters. The van der Waals surface area contributed by atoms with E-state index in [0.717, 1.165) is 19.3 Å². The van der Waals surface area contributed by atoms with Gasteiger partial charge in [0.25, 0.3) is 5.56 Å². The highest BCUT2D eigenvalue weighted by molar-refractivity contribution is 5.81. The Hall–Kier alpha value is -3.15. The second-order valence-corrected chi connectivity index (χ2v) is 6.34. The van der Waals surface area contributed by atoms with E-state index in [9.17, 15) is 9.59 Å². The number of nitrogens with one attached hydrogen (secondary N) is 2. The number of para-hydroxylation sites is 1. The second-order valence-electron chi connectivity index (χ2n) is 6.34. The third kappa shape index (κ3) is 5.17. The molecule has 0 bridgehead atoms. The number of H-pyrrole nitrogens is 1. The van der Waals surface area contributed by atoms with Crippen LogP contribution in [0.1, 0.15) is 32.0 Å². The van der Waals surface area contributed by atoms with Gasteiger partial charge in [-0.25, -0.2) is 4.98 Å². The minimum absolute atomic E-state index is 0.0551. The van der Waals surface area contributed by atoms with Crippen molar-refractivity contribution in [1.82, 2.24) is 15.3 Å². The van der Waals surface area contributed by atoms with E-state index in [1.807, 2.05) is 30.3 Å². The fourth-order valence-corrected chi connectivity index (χ4v) is 2.76. The zero-order valence-electron chi connectivity index (χ0n) is 15.3. The number of ether oxygens (including phenoxy) is 1. The Labute approximate surface area is 157 Å². The molecule has 0 unspecified atom stereocenters. The van der Waals surface area contributed by atoms with Gasteiger partial charge in [-0.05, 0) is 36.8 Å². The number of carbonyl (C=O) groups is 1. The summed E-state index contributed by atoms with van der Waals surface area (Å²) >= 11 is 0. The molecule has 0 saturated heterocycles. The number of rotatable bonds is 8. The first kappa shape index (κ1) is 18.6. The van der Waals surface area contributed by atoms with Gasteiger partial charge in [0, 0.05) is 6.54 Å². The van der Waals surface area contributed by atoms with E-state index in [4.69, 9.17) is 4.74 Å². The molecule has 0 aliphatic rings. The predicted octanol–water partition coefficient (Wildman–Crippen LogP) is 3.56. The topological polar surface area (TPSA) is 84.1 Å². The van der Waals surface area contributed by atoms with E-state index in [2.05, 4.69) is 22.2 Å². The van der Waals surface area contributed by atoms with Gasteiger partial charge in [0.2, 0.25) is 5.91 Å². The molecule has 6 heteroatoms. The number of benzene rings is 2. The Bertz CT molecular complexity index is 967. The number of aromatic nitrogens is 2. The van der Waals surface area contributed by atoms with Crippen LogP contribution in [0.5, 0.6) is 11.5 Å². The molecule has 2 N–H and O–H groups in total. The monoisotopic (exact) mass is 365 g/mol. The molecular formula is C21H23N3O3. The molecule has 3 rings (SSSR count). The number of hydrogen-bond donors (Lipinski definition) is 2. The predicted molar refractivity (Wildman–Crippen MR) is 105 cm³/mol. The van der Waals surface area contributed by atoms with E-state index >= 15 is 0 Å². The highest BCUT2D eigenvalue weighted by Crippen LogP contribution is 2.23. The number of amides is 1. The summed E-state index contributed by atoms with van der Waals surface area (Å²) in [7, 11) is 0. The summed E-state index contributed by atoms with van der Waals surface area (Å²) in [6.07, 6.45) is 3.19. The third-order valence-electron chi connectivity index (χ3n) is 4.14. The molecule has 0 aliphatic heterocycles. The molecule has 0 aliphatic carbocycles. The first-order chi connectivity index (χ1) is 13.2. The summed E-state index contributed by atoms with van der Waals surface area (Å²) in [5.41, 5.74) is 0.250. The van der Waals surface area contributed by atoms with Crippen LogP contribution < -0.4 is 15.6 Å². The maximum Gasteiger partial charge on any atom is 0.258 e. The lowest BCUT2D eigenvalue weighted by molar-refractivity contribution is -0.120. The van der Waals surface area contributed by atoms with Crippen molar-refractivity contribution in [2.75, 3.05) is 6.54 Å². The molecule has 140 valence electrons.